The highest BCUT2D eigenvalue weighted by molar-refractivity contribution is 6.34. The Morgan fingerprint density at radius 2 is 1.66 bits per heavy atom. The molecule has 4 atom stereocenters. The van der Waals surface area contributed by atoms with Gasteiger partial charge in [0.1, 0.15) is 29.5 Å². The Balaban J connectivity index is 0.761. The number of nitrogens with zero attached hydrogens (tertiary/aromatic N) is 5. The molecular formula is C57H65ClF4N8O7. The summed E-state index contributed by atoms with van der Waals surface area (Å²) in [6.45, 7) is 9.31. The van der Waals surface area contributed by atoms with E-state index in [1.807, 2.05) is 42.2 Å². The first-order chi connectivity index (χ1) is 36.8. The van der Waals surface area contributed by atoms with Crippen LogP contribution in [-0.4, -0.2) is 114 Å². The summed E-state index contributed by atoms with van der Waals surface area (Å²) in [6, 6.07) is 13.8. The lowest BCUT2D eigenvalue weighted by molar-refractivity contribution is -0.146. The van der Waals surface area contributed by atoms with Gasteiger partial charge in [0.15, 0.2) is 28.8 Å². The first-order valence-corrected chi connectivity index (χ1v) is 27.1. The molecule has 4 aliphatic heterocycles. The van der Waals surface area contributed by atoms with Crippen molar-refractivity contribution in [3.8, 4) is 22.6 Å². The predicted molar refractivity (Wildman–Crippen MR) is 282 cm³/mol. The number of aliphatic hydroxyl groups excluding tert-OH is 1. The predicted octanol–water partition coefficient (Wildman–Crippen LogP) is 8.66. The Kier molecular flexibility index (Phi) is 15.1. The molecule has 5 N–H and O–H groups in total. The number of halogens is 5. The third-order valence-electron chi connectivity index (χ3n) is 17.3. The third-order valence-corrected chi connectivity index (χ3v) is 17.7. The van der Waals surface area contributed by atoms with E-state index in [0.717, 1.165) is 18.5 Å². The van der Waals surface area contributed by atoms with Crippen LogP contribution in [0.15, 0.2) is 54.6 Å². The standard InChI is InChI=1S/C57H65ClF4N8O7/c1-31-28-69(22-16-34(31)29-68-20-14-33(15-21-68)45-39(59)26-38-51(50(45)62)67(4)66-53(38)70-23-17-43(72)65-55(70)75)54(74)56(3)18-12-36(13-19-56)64-30-57(35-8-6-5-7-9-35)32(2)44-42(77-57)27-40(60)48(58)47(44)46-37(52(63)73)10-11-41(49(46)61)76-25-24-71/h5-11,26-27,31-34,36,64,71H,12-25,28-30H2,1-4H3,(H2,63,73)(H,65,72,75)/t31-,32+,34-,36?,56?,57+/m1/s1. The number of ether oxygens (including phenoxy) is 2. The van der Waals surface area contributed by atoms with Crippen LogP contribution in [0.1, 0.15) is 111 Å². The van der Waals surface area contributed by atoms with Gasteiger partial charge in [-0.1, -0.05) is 62.7 Å². The molecule has 1 aliphatic carbocycles. The Morgan fingerprint density at radius 1 is 0.935 bits per heavy atom. The zero-order valence-electron chi connectivity index (χ0n) is 43.7. The van der Waals surface area contributed by atoms with E-state index in [-0.39, 0.29) is 100 Å². The highest BCUT2D eigenvalue weighted by atomic mass is 35.5. The number of carbonyl (C=O) groups excluding carboxylic acids is 4. The summed E-state index contributed by atoms with van der Waals surface area (Å²) in [5.41, 5.74) is 4.74. The van der Waals surface area contributed by atoms with Crippen molar-refractivity contribution in [1.29, 1.82) is 0 Å². The second-order valence-electron chi connectivity index (χ2n) is 22.0. The molecule has 1 aromatic heterocycles. The normalized spacial score (nSPS) is 25.2. The van der Waals surface area contributed by atoms with Crippen molar-refractivity contribution in [2.45, 2.75) is 95.6 Å². The number of nitrogens with one attached hydrogen (secondary N) is 2. The summed E-state index contributed by atoms with van der Waals surface area (Å²) >= 11 is 6.74. The molecule has 0 spiro atoms. The molecule has 4 aromatic carbocycles. The second kappa shape index (κ2) is 21.5. The highest BCUT2D eigenvalue weighted by Gasteiger charge is 2.51. The van der Waals surface area contributed by atoms with Crippen molar-refractivity contribution in [1.82, 2.24) is 30.2 Å². The number of likely N-dealkylation sites (tertiary alicyclic amines) is 2. The van der Waals surface area contributed by atoms with Crippen molar-refractivity contribution in [2.24, 2.45) is 30.0 Å². The molecule has 77 heavy (non-hydrogen) atoms. The van der Waals surface area contributed by atoms with Gasteiger partial charge in [0.2, 0.25) is 17.7 Å². The minimum atomic E-state index is -1.15. The molecule has 1 saturated carbocycles. The number of aromatic nitrogens is 2. The molecule has 20 heteroatoms. The van der Waals surface area contributed by atoms with Crippen LogP contribution in [0.25, 0.3) is 22.0 Å². The first kappa shape index (κ1) is 54.1. The van der Waals surface area contributed by atoms with Crippen LogP contribution in [0.3, 0.4) is 0 Å². The molecular weight excluding hydrogens is 1020 g/mol. The quantitative estimate of drug-likeness (QED) is 0.0785. The number of fused-ring (bicyclic) bond motifs is 2. The molecule has 5 heterocycles. The molecule has 0 radical (unpaired) electrons. The number of aryl methyl sites for hydroxylation is 1. The molecule has 4 fully saturated rings. The van der Waals surface area contributed by atoms with Gasteiger partial charge in [-0.25, -0.2) is 22.4 Å². The van der Waals surface area contributed by atoms with Gasteiger partial charge < -0.3 is 35.4 Å². The Labute approximate surface area is 449 Å². The lowest BCUT2D eigenvalue weighted by Gasteiger charge is -2.45. The minimum absolute atomic E-state index is 0.00548. The number of primary amides is 1. The Bertz CT molecular complexity index is 3130. The van der Waals surface area contributed by atoms with Crippen LogP contribution >= 0.6 is 11.6 Å². The van der Waals surface area contributed by atoms with Crippen molar-refractivity contribution >= 4 is 52.1 Å². The summed E-state index contributed by atoms with van der Waals surface area (Å²) < 4.78 is 78.3. The summed E-state index contributed by atoms with van der Waals surface area (Å²) in [7, 11) is 1.56. The lowest BCUT2D eigenvalue weighted by atomic mass is 9.72. The fourth-order valence-electron chi connectivity index (χ4n) is 12.9. The van der Waals surface area contributed by atoms with Gasteiger partial charge in [0.25, 0.3) is 0 Å². The van der Waals surface area contributed by atoms with Gasteiger partial charge in [-0.3, -0.25) is 29.3 Å². The molecule has 3 saturated heterocycles. The Hall–Kier alpha value is -6.28. The SMILES string of the molecule is C[C@@H]1CN(C(=O)C2(C)CCC(NC[C@]3(c4ccccc4)Oc4cc(F)c(Cl)c(-c5c(C(N)=O)ccc(OCCO)c5F)c4[C@@H]3C)CC2)CC[C@@H]1CN1CCC(c2c(F)cc3c(N4CCC(=O)NC4=O)nn(C)c3c2F)CC1. The van der Waals surface area contributed by atoms with E-state index in [1.165, 1.54) is 33.8 Å². The molecule has 410 valence electrons. The van der Waals surface area contributed by atoms with Gasteiger partial charge >= 0.3 is 6.03 Å². The van der Waals surface area contributed by atoms with Crippen LogP contribution in [0.4, 0.5) is 28.2 Å². The number of imide groups is 1. The number of rotatable bonds is 14. The number of benzene rings is 4. The van der Waals surface area contributed by atoms with E-state index >= 15 is 17.6 Å². The largest absolute Gasteiger partial charge is 0.488 e. The van der Waals surface area contributed by atoms with Gasteiger partial charge in [0, 0.05) is 91.9 Å². The van der Waals surface area contributed by atoms with Crippen LogP contribution in [-0.2, 0) is 22.2 Å². The maximum absolute atomic E-state index is 16.5. The maximum Gasteiger partial charge on any atom is 0.329 e. The molecule has 15 nitrogen and oxygen atoms in total. The number of nitrogens with two attached hydrogens (primary N) is 1. The van der Waals surface area contributed by atoms with Crippen molar-refractivity contribution in [3.63, 3.8) is 0 Å². The van der Waals surface area contributed by atoms with E-state index < -0.39 is 69.7 Å². The average Bonchev–Trinajstić information content (AvgIpc) is 4.03. The Morgan fingerprint density at radius 3 is 2.34 bits per heavy atom. The van der Waals surface area contributed by atoms with Crippen LogP contribution in [0.2, 0.25) is 5.02 Å². The number of carbonyl (C=O) groups is 4. The maximum atomic E-state index is 16.5. The number of hydrogen-bond donors (Lipinski definition) is 4. The molecule has 10 rings (SSSR count). The molecule has 0 bridgehead atoms. The number of aliphatic hydroxyl groups is 1. The van der Waals surface area contributed by atoms with Crippen LogP contribution in [0, 0.1) is 40.5 Å². The number of anilines is 1. The fourth-order valence-corrected chi connectivity index (χ4v) is 13.2. The molecule has 0 unspecified atom stereocenters. The number of hydrogen-bond acceptors (Lipinski definition) is 10. The van der Waals surface area contributed by atoms with E-state index in [4.69, 9.17) is 26.8 Å². The number of urea groups is 1. The highest BCUT2D eigenvalue weighted by Crippen LogP contribution is 2.57. The minimum Gasteiger partial charge on any atom is -0.488 e. The van der Waals surface area contributed by atoms with Gasteiger partial charge in [-0.05, 0) is 99.6 Å². The van der Waals surface area contributed by atoms with Crippen LogP contribution < -0.4 is 30.7 Å². The fraction of sp³-hybridized carbons (Fsp3) is 0.491. The molecule has 5 aliphatic rings. The van der Waals surface area contributed by atoms with Gasteiger partial charge in [-0.15, -0.1) is 0 Å². The second-order valence-corrected chi connectivity index (χ2v) is 22.4. The van der Waals surface area contributed by atoms with Gasteiger partial charge in [-0.2, -0.15) is 5.10 Å². The van der Waals surface area contributed by atoms with E-state index in [1.54, 1.807) is 7.05 Å². The smallest absolute Gasteiger partial charge is 0.329 e. The molecule has 5 amide bonds. The summed E-state index contributed by atoms with van der Waals surface area (Å²) in [4.78, 5) is 57.2. The molecule has 5 aromatic rings. The lowest BCUT2D eigenvalue weighted by Crippen LogP contribution is -2.53. The van der Waals surface area contributed by atoms with Crippen molar-refractivity contribution in [2.75, 3.05) is 63.9 Å². The van der Waals surface area contributed by atoms with E-state index in [9.17, 15) is 24.3 Å². The van der Waals surface area contributed by atoms with E-state index in [2.05, 4.69) is 34.5 Å². The third kappa shape index (κ3) is 9.90. The van der Waals surface area contributed by atoms with Crippen molar-refractivity contribution < 1.29 is 51.3 Å². The number of amides is 5. The van der Waals surface area contributed by atoms with Gasteiger partial charge in [0.05, 0.1) is 22.6 Å². The van der Waals surface area contributed by atoms with Crippen molar-refractivity contribution in [3.05, 3.63) is 105 Å². The van der Waals surface area contributed by atoms with E-state index in [0.29, 0.717) is 76.2 Å². The summed E-state index contributed by atoms with van der Waals surface area (Å²) in [5.74, 6) is -4.82. The first-order valence-electron chi connectivity index (χ1n) is 26.7. The number of piperidine rings is 2. The summed E-state index contributed by atoms with van der Waals surface area (Å²) in [5, 5.41) is 19.5. The average molecular weight is 1090 g/mol. The zero-order valence-corrected chi connectivity index (χ0v) is 44.5. The van der Waals surface area contributed by atoms with Crippen LogP contribution in [0.5, 0.6) is 11.5 Å². The summed E-state index contributed by atoms with van der Waals surface area (Å²) in [6.07, 6.45) is 4.78. The zero-order chi connectivity index (χ0) is 54.7. The topological polar surface area (TPSA) is 185 Å². The monoisotopic (exact) mass is 1080 g/mol.